The van der Waals surface area contributed by atoms with Crippen LogP contribution in [0.3, 0.4) is 0 Å². The fraction of sp³-hybridized carbons (Fsp3) is 0.905. The predicted octanol–water partition coefficient (Wildman–Crippen LogP) is 3.25. The van der Waals surface area contributed by atoms with Crippen molar-refractivity contribution >= 4 is 22.1 Å². The second-order valence-corrected chi connectivity index (χ2v) is 12.3. The summed E-state index contributed by atoms with van der Waals surface area (Å²) in [7, 11) is -6.58. The molecule has 6 fully saturated rings. The minimum atomic E-state index is -6.58. The highest BCUT2D eigenvalue weighted by atomic mass is 32.2. The third kappa shape index (κ3) is 4.22. The number of rotatable bonds is 6. The maximum absolute atomic E-state index is 13.9. The molecule has 0 radical (unpaired) electrons. The van der Waals surface area contributed by atoms with Crippen molar-refractivity contribution in [2.75, 3.05) is 0 Å². The van der Waals surface area contributed by atoms with Gasteiger partial charge in [0, 0.05) is 0 Å². The van der Waals surface area contributed by atoms with Crippen molar-refractivity contribution < 1.29 is 58.7 Å². The lowest BCUT2D eigenvalue weighted by Gasteiger charge is -2.56. The number of hydrogen-bond acceptors (Lipinski definition) is 7. The van der Waals surface area contributed by atoms with Crippen LogP contribution in [0.2, 0.25) is 0 Å². The van der Waals surface area contributed by atoms with E-state index in [-0.39, 0.29) is 6.42 Å². The molecule has 6 aliphatic rings. The standard InChI is InChI=1S/C21H25F5O8S/c22-20(23,24)18(21(25,26)35(29,30)31)33-16(27)14-12-1-2-13(32-12)15(14)17(28)34-19-6-9-3-10(7-19)5-11(4-9)8-19/h9-15,18H,1-8H2,(H,29,30,31). The summed E-state index contributed by atoms with van der Waals surface area (Å²) in [4.78, 5) is 26.0. The summed E-state index contributed by atoms with van der Waals surface area (Å²) in [5, 5.41) is -5.85. The van der Waals surface area contributed by atoms with Gasteiger partial charge in [-0.1, -0.05) is 0 Å². The third-order valence-corrected chi connectivity index (χ3v) is 9.20. The van der Waals surface area contributed by atoms with Crippen LogP contribution in [-0.4, -0.2) is 60.3 Å². The molecule has 4 saturated carbocycles. The number of carbonyl (C=O) groups is 2. The van der Waals surface area contributed by atoms with E-state index in [0.717, 1.165) is 19.3 Å². The molecule has 8 nitrogen and oxygen atoms in total. The molecule has 6 bridgehead atoms. The maximum Gasteiger partial charge on any atom is 0.432 e. The van der Waals surface area contributed by atoms with Gasteiger partial charge in [-0.25, -0.2) is 0 Å². The van der Waals surface area contributed by atoms with Gasteiger partial charge in [0.2, 0.25) is 0 Å². The third-order valence-electron chi connectivity index (χ3n) is 8.30. The van der Waals surface area contributed by atoms with Crippen LogP contribution in [0.5, 0.6) is 0 Å². The smallest absolute Gasteiger partial charge is 0.432 e. The molecular formula is C21H25F5O8S. The molecule has 5 unspecified atom stereocenters. The van der Waals surface area contributed by atoms with Gasteiger partial charge in [-0.3, -0.25) is 14.1 Å². The number of carbonyl (C=O) groups excluding carboxylic acids is 2. The topological polar surface area (TPSA) is 116 Å². The average Bonchev–Trinajstić information content (AvgIpc) is 3.30. The van der Waals surface area contributed by atoms with Crippen LogP contribution in [0.4, 0.5) is 22.0 Å². The molecule has 6 rings (SSSR count). The van der Waals surface area contributed by atoms with Crippen molar-refractivity contribution in [3.05, 3.63) is 0 Å². The SMILES string of the molecule is O=C(OC(C(F)(F)F)C(F)(F)S(=O)(=O)O)C1C2CCC(O2)C1C(=O)OC12CC3CC(CC(C3)C1)C2. The van der Waals surface area contributed by atoms with Crippen molar-refractivity contribution in [2.45, 2.75) is 86.7 Å². The van der Waals surface area contributed by atoms with Crippen LogP contribution >= 0.6 is 0 Å². The number of alkyl halides is 5. The molecule has 5 atom stereocenters. The highest BCUT2D eigenvalue weighted by molar-refractivity contribution is 7.86. The van der Waals surface area contributed by atoms with Crippen molar-refractivity contribution in [1.82, 2.24) is 0 Å². The van der Waals surface area contributed by atoms with E-state index in [0.29, 0.717) is 43.4 Å². The Balaban J connectivity index is 1.36. The molecule has 2 heterocycles. The predicted molar refractivity (Wildman–Crippen MR) is 104 cm³/mol. The maximum atomic E-state index is 13.9. The van der Waals surface area contributed by atoms with Gasteiger partial charge in [-0.15, -0.1) is 0 Å². The van der Waals surface area contributed by atoms with E-state index in [9.17, 15) is 40.0 Å². The van der Waals surface area contributed by atoms with Gasteiger partial charge in [0.15, 0.2) is 0 Å². The molecule has 2 aliphatic heterocycles. The lowest BCUT2D eigenvalue weighted by molar-refractivity contribution is -0.261. The Morgan fingerprint density at radius 2 is 1.34 bits per heavy atom. The zero-order chi connectivity index (χ0) is 25.6. The minimum absolute atomic E-state index is 0.178. The van der Waals surface area contributed by atoms with Gasteiger partial charge in [0.25, 0.3) is 6.10 Å². The first-order valence-electron chi connectivity index (χ1n) is 11.6. The molecule has 198 valence electrons. The van der Waals surface area contributed by atoms with Crippen molar-refractivity contribution in [2.24, 2.45) is 29.6 Å². The van der Waals surface area contributed by atoms with E-state index in [4.69, 9.17) is 14.0 Å². The minimum Gasteiger partial charge on any atom is -0.459 e. The highest BCUT2D eigenvalue weighted by Gasteiger charge is 2.67. The van der Waals surface area contributed by atoms with E-state index in [1.165, 1.54) is 0 Å². The fourth-order valence-electron chi connectivity index (χ4n) is 7.37. The molecule has 14 heteroatoms. The van der Waals surface area contributed by atoms with Gasteiger partial charge >= 0.3 is 33.5 Å². The first-order valence-corrected chi connectivity index (χ1v) is 13.0. The Hall–Kier alpha value is -1.54. The van der Waals surface area contributed by atoms with Gasteiger partial charge in [0.05, 0.1) is 24.0 Å². The lowest BCUT2D eigenvalue weighted by atomic mass is 9.54. The number of halogens is 5. The Labute approximate surface area is 197 Å². The first kappa shape index (κ1) is 25.1. The summed E-state index contributed by atoms with van der Waals surface area (Å²) in [5.74, 6) is -4.47. The van der Waals surface area contributed by atoms with Gasteiger partial charge in [0.1, 0.15) is 5.60 Å². The molecule has 0 amide bonds. The zero-order valence-corrected chi connectivity index (χ0v) is 19.2. The van der Waals surface area contributed by atoms with Crippen molar-refractivity contribution in [3.8, 4) is 0 Å². The normalized spacial score (nSPS) is 41.1. The largest absolute Gasteiger partial charge is 0.459 e. The second-order valence-electron chi connectivity index (χ2n) is 10.8. The van der Waals surface area contributed by atoms with Crippen molar-refractivity contribution in [1.29, 1.82) is 0 Å². The van der Waals surface area contributed by atoms with Crippen LogP contribution in [-0.2, 0) is 33.9 Å². The summed E-state index contributed by atoms with van der Waals surface area (Å²) in [6.45, 7) is 0. The van der Waals surface area contributed by atoms with E-state index >= 15 is 0 Å². The van der Waals surface area contributed by atoms with Crippen LogP contribution in [0.15, 0.2) is 0 Å². The van der Waals surface area contributed by atoms with E-state index in [2.05, 4.69) is 4.74 Å². The Morgan fingerprint density at radius 1 is 0.886 bits per heavy atom. The summed E-state index contributed by atoms with van der Waals surface area (Å²) >= 11 is 0. The second kappa shape index (κ2) is 7.98. The monoisotopic (exact) mass is 532 g/mol. The number of esters is 2. The molecule has 0 aromatic carbocycles. The lowest BCUT2D eigenvalue weighted by Crippen LogP contribution is -2.55. The summed E-state index contributed by atoms with van der Waals surface area (Å²) in [5.41, 5.74) is -0.714. The number of fused-ring (bicyclic) bond motifs is 2. The molecule has 1 N–H and O–H groups in total. The van der Waals surface area contributed by atoms with Crippen molar-refractivity contribution in [3.63, 3.8) is 0 Å². The average molecular weight is 532 g/mol. The highest BCUT2D eigenvalue weighted by Crippen LogP contribution is 2.58. The molecule has 2 saturated heterocycles. The molecule has 0 aromatic rings. The van der Waals surface area contributed by atoms with Gasteiger partial charge in [-0.2, -0.15) is 30.4 Å². The fourth-order valence-corrected chi connectivity index (χ4v) is 7.82. The molecule has 0 aromatic heterocycles. The van der Waals surface area contributed by atoms with Gasteiger partial charge < -0.3 is 14.2 Å². The van der Waals surface area contributed by atoms with E-state index in [1.807, 2.05) is 0 Å². The Kier molecular flexibility index (Phi) is 5.73. The Bertz CT molecular complexity index is 976. The quantitative estimate of drug-likeness (QED) is 0.315. The Morgan fingerprint density at radius 3 is 1.77 bits per heavy atom. The number of ether oxygens (including phenoxy) is 3. The molecule has 0 spiro atoms. The molecular weight excluding hydrogens is 507 g/mol. The van der Waals surface area contributed by atoms with E-state index in [1.54, 1.807) is 0 Å². The summed E-state index contributed by atoms with van der Waals surface area (Å²) in [6, 6.07) is 0. The van der Waals surface area contributed by atoms with Crippen LogP contribution < -0.4 is 0 Å². The van der Waals surface area contributed by atoms with Crippen LogP contribution in [0, 0.1) is 29.6 Å². The first-order chi connectivity index (χ1) is 16.1. The number of hydrogen-bond donors (Lipinski definition) is 1. The van der Waals surface area contributed by atoms with Crippen LogP contribution in [0.25, 0.3) is 0 Å². The molecule has 35 heavy (non-hydrogen) atoms. The van der Waals surface area contributed by atoms with E-state index < -0.39 is 69.2 Å². The summed E-state index contributed by atoms with van der Waals surface area (Å²) < 4.78 is 114. The summed E-state index contributed by atoms with van der Waals surface area (Å²) in [6.07, 6.45) is -6.73. The van der Waals surface area contributed by atoms with Gasteiger partial charge in [-0.05, 0) is 69.1 Å². The molecule has 4 aliphatic carbocycles. The van der Waals surface area contributed by atoms with Crippen LogP contribution in [0.1, 0.15) is 51.4 Å². The zero-order valence-electron chi connectivity index (χ0n) is 18.4.